The Morgan fingerprint density at radius 3 is 2.35 bits per heavy atom. The highest BCUT2D eigenvalue weighted by molar-refractivity contribution is 5.17. The van der Waals surface area contributed by atoms with Crippen LogP contribution >= 0.6 is 0 Å². The molecular weight excluding hydrogens is 334 g/mol. The largest absolute Gasteiger partial charge is 0.352 e. The highest BCUT2D eigenvalue weighted by Gasteiger charge is 2.32. The van der Waals surface area contributed by atoms with Crippen LogP contribution in [0.1, 0.15) is 50.5 Å². The van der Waals surface area contributed by atoms with Gasteiger partial charge in [-0.3, -0.25) is 0 Å². The van der Waals surface area contributed by atoms with Gasteiger partial charge in [0.25, 0.3) is 0 Å². The summed E-state index contributed by atoms with van der Waals surface area (Å²) in [5.74, 6) is 0.132. The third-order valence-electron chi connectivity index (χ3n) is 5.87. The lowest BCUT2D eigenvalue weighted by atomic mass is 9.79. The molecule has 3 rings (SSSR count). The summed E-state index contributed by atoms with van der Waals surface area (Å²) in [6, 6.07) is 4.24. The number of benzene rings is 1. The summed E-state index contributed by atoms with van der Waals surface area (Å²) in [6.07, 6.45) is 10.5. The molecule has 26 heavy (non-hydrogen) atoms. The number of ether oxygens (including phenoxy) is 2. The van der Waals surface area contributed by atoms with Crippen LogP contribution in [0.2, 0.25) is 0 Å². The molecule has 1 aliphatic heterocycles. The van der Waals surface area contributed by atoms with Crippen LogP contribution in [0.4, 0.5) is 8.78 Å². The first kappa shape index (κ1) is 19.5. The normalized spacial score (nSPS) is 29.5. The van der Waals surface area contributed by atoms with E-state index in [0.29, 0.717) is 17.8 Å². The molecular formula is C22H30F2O2. The molecule has 2 fully saturated rings. The summed E-state index contributed by atoms with van der Waals surface area (Å²) in [7, 11) is 0. The molecule has 0 atom stereocenters. The molecule has 1 aliphatic carbocycles. The Bertz CT molecular complexity index is 574. The van der Waals surface area contributed by atoms with Gasteiger partial charge >= 0.3 is 0 Å². The van der Waals surface area contributed by atoms with Crippen molar-refractivity contribution >= 4 is 0 Å². The van der Waals surface area contributed by atoms with Crippen LogP contribution in [0.25, 0.3) is 0 Å². The zero-order valence-electron chi connectivity index (χ0n) is 15.5. The predicted molar refractivity (Wildman–Crippen MR) is 98.7 cm³/mol. The van der Waals surface area contributed by atoms with E-state index in [9.17, 15) is 8.78 Å². The predicted octanol–water partition coefficient (Wildman–Crippen LogP) is 5.66. The monoisotopic (exact) mass is 364 g/mol. The maximum atomic E-state index is 13.3. The van der Waals surface area contributed by atoms with Crippen molar-refractivity contribution in [2.45, 2.75) is 57.7 Å². The van der Waals surface area contributed by atoms with E-state index < -0.39 is 11.6 Å². The first-order valence-corrected chi connectivity index (χ1v) is 9.93. The summed E-state index contributed by atoms with van der Waals surface area (Å²) in [5.41, 5.74) is 0.885. The third-order valence-corrected chi connectivity index (χ3v) is 5.87. The second-order valence-corrected chi connectivity index (χ2v) is 7.84. The average molecular weight is 364 g/mol. The Hall–Kier alpha value is -1.26. The Kier molecular flexibility index (Phi) is 7.21. The van der Waals surface area contributed by atoms with E-state index in [-0.39, 0.29) is 6.29 Å². The second kappa shape index (κ2) is 9.61. The van der Waals surface area contributed by atoms with Crippen molar-refractivity contribution in [2.24, 2.45) is 17.8 Å². The lowest BCUT2D eigenvalue weighted by Gasteiger charge is -2.37. The summed E-state index contributed by atoms with van der Waals surface area (Å²) in [4.78, 5) is 0. The van der Waals surface area contributed by atoms with Crippen LogP contribution in [0.15, 0.2) is 30.9 Å². The Morgan fingerprint density at radius 2 is 1.69 bits per heavy atom. The van der Waals surface area contributed by atoms with Crippen molar-refractivity contribution in [1.82, 2.24) is 0 Å². The Morgan fingerprint density at radius 1 is 0.962 bits per heavy atom. The number of hydrogen-bond acceptors (Lipinski definition) is 2. The molecule has 1 heterocycles. The van der Waals surface area contributed by atoms with Gasteiger partial charge in [0.15, 0.2) is 17.9 Å². The van der Waals surface area contributed by atoms with Gasteiger partial charge in [0, 0.05) is 11.8 Å². The van der Waals surface area contributed by atoms with Gasteiger partial charge in [-0.15, -0.1) is 6.58 Å². The molecule has 144 valence electrons. The van der Waals surface area contributed by atoms with E-state index in [2.05, 4.69) is 6.58 Å². The fourth-order valence-corrected chi connectivity index (χ4v) is 4.17. The van der Waals surface area contributed by atoms with Gasteiger partial charge in [0.1, 0.15) is 0 Å². The van der Waals surface area contributed by atoms with Crippen LogP contribution < -0.4 is 0 Å². The highest BCUT2D eigenvalue weighted by atomic mass is 19.2. The smallest absolute Gasteiger partial charge is 0.160 e. The van der Waals surface area contributed by atoms with Crippen LogP contribution in [0.5, 0.6) is 0 Å². The SMILES string of the molecule is C=CCC[C@H]1CO[C@H]([C@H]2CC[C@H](CCc3ccc(F)c(F)c3)CC2)OC1. The Labute approximate surface area is 155 Å². The van der Waals surface area contributed by atoms with Gasteiger partial charge in [-0.1, -0.05) is 12.1 Å². The maximum absolute atomic E-state index is 13.3. The lowest BCUT2D eigenvalue weighted by molar-refractivity contribution is -0.229. The molecule has 0 radical (unpaired) electrons. The first-order valence-electron chi connectivity index (χ1n) is 9.93. The number of allylic oxidation sites excluding steroid dienone is 1. The molecule has 4 heteroatoms. The van der Waals surface area contributed by atoms with Crippen molar-refractivity contribution in [3.8, 4) is 0 Å². The van der Waals surface area contributed by atoms with E-state index in [1.54, 1.807) is 6.07 Å². The van der Waals surface area contributed by atoms with Gasteiger partial charge < -0.3 is 9.47 Å². The fourth-order valence-electron chi connectivity index (χ4n) is 4.17. The van der Waals surface area contributed by atoms with Gasteiger partial charge in [0.2, 0.25) is 0 Å². The quantitative estimate of drug-likeness (QED) is 0.581. The summed E-state index contributed by atoms with van der Waals surface area (Å²) < 4.78 is 38.3. The second-order valence-electron chi connectivity index (χ2n) is 7.84. The Balaban J connectivity index is 1.36. The molecule has 2 aliphatic rings. The molecule has 1 saturated carbocycles. The molecule has 0 N–H and O–H groups in total. The number of halogens is 2. The summed E-state index contributed by atoms with van der Waals surface area (Å²) >= 11 is 0. The van der Waals surface area contributed by atoms with Crippen molar-refractivity contribution in [3.05, 3.63) is 48.1 Å². The van der Waals surface area contributed by atoms with E-state index in [0.717, 1.165) is 70.1 Å². The minimum absolute atomic E-state index is 0.0397. The molecule has 0 bridgehead atoms. The van der Waals surface area contributed by atoms with Gasteiger partial charge in [0.05, 0.1) is 13.2 Å². The number of hydrogen-bond donors (Lipinski definition) is 0. The van der Waals surface area contributed by atoms with E-state index >= 15 is 0 Å². The molecule has 1 saturated heterocycles. The molecule has 1 aromatic carbocycles. The number of aryl methyl sites for hydroxylation is 1. The van der Waals surface area contributed by atoms with Crippen LogP contribution in [-0.2, 0) is 15.9 Å². The van der Waals surface area contributed by atoms with Crippen LogP contribution in [0.3, 0.4) is 0 Å². The standard InChI is InChI=1S/C22H30F2O2/c1-2-3-4-18-14-25-22(26-15-18)19-10-7-16(8-11-19)5-6-17-9-12-20(23)21(24)13-17/h2,9,12-13,16,18-19,22H,1,3-8,10-11,14-15H2/t16-,18-,19-,22-. The third kappa shape index (κ3) is 5.37. The van der Waals surface area contributed by atoms with E-state index in [1.165, 1.54) is 12.1 Å². The first-order chi connectivity index (χ1) is 12.7. The minimum atomic E-state index is -0.770. The molecule has 0 spiro atoms. The zero-order chi connectivity index (χ0) is 18.4. The topological polar surface area (TPSA) is 18.5 Å². The van der Waals surface area contributed by atoms with Gasteiger partial charge in [-0.25, -0.2) is 8.78 Å². The lowest BCUT2D eigenvalue weighted by Crippen LogP contribution is -2.38. The van der Waals surface area contributed by atoms with Crippen molar-refractivity contribution in [2.75, 3.05) is 13.2 Å². The van der Waals surface area contributed by atoms with E-state index in [1.807, 2.05) is 6.08 Å². The van der Waals surface area contributed by atoms with Crippen LogP contribution in [0, 0.1) is 29.4 Å². The van der Waals surface area contributed by atoms with Crippen molar-refractivity contribution in [1.29, 1.82) is 0 Å². The number of rotatable bonds is 7. The van der Waals surface area contributed by atoms with Gasteiger partial charge in [-0.2, -0.15) is 0 Å². The summed E-state index contributed by atoms with van der Waals surface area (Å²) in [5, 5.41) is 0. The van der Waals surface area contributed by atoms with Crippen LogP contribution in [-0.4, -0.2) is 19.5 Å². The summed E-state index contributed by atoms with van der Waals surface area (Å²) in [6.45, 7) is 5.37. The van der Waals surface area contributed by atoms with Gasteiger partial charge in [-0.05, 0) is 75.0 Å². The molecule has 2 nitrogen and oxygen atoms in total. The average Bonchev–Trinajstić information content (AvgIpc) is 2.68. The fraction of sp³-hybridized carbons (Fsp3) is 0.636. The van der Waals surface area contributed by atoms with E-state index in [4.69, 9.17) is 9.47 Å². The molecule has 1 aromatic rings. The van der Waals surface area contributed by atoms with Crippen molar-refractivity contribution < 1.29 is 18.3 Å². The molecule has 0 aromatic heterocycles. The molecule has 0 unspecified atom stereocenters. The zero-order valence-corrected chi connectivity index (χ0v) is 15.5. The molecule has 0 amide bonds. The van der Waals surface area contributed by atoms with Crippen molar-refractivity contribution in [3.63, 3.8) is 0 Å². The maximum Gasteiger partial charge on any atom is 0.160 e. The minimum Gasteiger partial charge on any atom is -0.352 e. The highest BCUT2D eigenvalue weighted by Crippen LogP contribution is 2.36.